The monoisotopic (exact) mass is 541 g/mol. The van der Waals surface area contributed by atoms with Crippen molar-refractivity contribution in [3.8, 4) is 5.75 Å². The molecule has 11 heteroatoms. The van der Waals surface area contributed by atoms with Gasteiger partial charge in [0.2, 0.25) is 5.91 Å². The number of anilines is 2. The first-order valence-electron chi connectivity index (χ1n) is 12.0. The van der Waals surface area contributed by atoms with Crippen LogP contribution in [0.15, 0.2) is 71.2 Å². The fourth-order valence-electron chi connectivity index (χ4n) is 4.77. The van der Waals surface area contributed by atoms with Crippen LogP contribution in [0.4, 0.5) is 10.8 Å². The Morgan fingerprint density at radius 2 is 1.97 bits per heavy atom. The Morgan fingerprint density at radius 3 is 2.65 bits per heavy atom. The van der Waals surface area contributed by atoms with E-state index in [2.05, 4.69) is 14.6 Å². The third-order valence-electron chi connectivity index (χ3n) is 6.78. The summed E-state index contributed by atoms with van der Waals surface area (Å²) < 4.78 is 35.1. The molecule has 1 saturated heterocycles. The van der Waals surface area contributed by atoms with E-state index < -0.39 is 10.0 Å². The van der Waals surface area contributed by atoms with Crippen LogP contribution < -0.4 is 14.4 Å². The highest BCUT2D eigenvalue weighted by molar-refractivity contribution is 7.93. The average molecular weight is 542 g/mol. The van der Waals surface area contributed by atoms with Gasteiger partial charge in [-0.2, -0.15) is 0 Å². The Labute approximate surface area is 221 Å². The number of thiazole rings is 1. The Bertz CT molecular complexity index is 1510. The molecule has 2 aromatic heterocycles. The first kappa shape index (κ1) is 25.1. The van der Waals surface area contributed by atoms with Crippen LogP contribution in [-0.4, -0.2) is 61.6 Å². The smallest absolute Gasteiger partial charge is 0.263 e. The zero-order chi connectivity index (χ0) is 26.2. The van der Waals surface area contributed by atoms with Crippen molar-refractivity contribution in [1.82, 2.24) is 14.5 Å². The minimum Gasteiger partial charge on any atom is -0.497 e. The highest BCUT2D eigenvalue weighted by Gasteiger charge is 2.31. The quantitative estimate of drug-likeness (QED) is 0.371. The van der Waals surface area contributed by atoms with Crippen LogP contribution in [0.1, 0.15) is 21.3 Å². The summed E-state index contributed by atoms with van der Waals surface area (Å²) in [5.74, 6) is 0.866. The molecule has 2 atom stereocenters. The number of hydrogen-bond acceptors (Lipinski definition) is 7. The molecular weight excluding hydrogens is 510 g/mol. The minimum absolute atomic E-state index is 0. The molecule has 1 fully saturated rings. The van der Waals surface area contributed by atoms with Crippen molar-refractivity contribution in [2.24, 2.45) is 0 Å². The van der Waals surface area contributed by atoms with Crippen molar-refractivity contribution < 1.29 is 19.4 Å². The largest absolute Gasteiger partial charge is 0.497 e. The minimum atomic E-state index is -3.70. The van der Waals surface area contributed by atoms with Gasteiger partial charge in [0.1, 0.15) is 11.8 Å². The Kier molecular flexibility index (Phi) is 6.82. The van der Waals surface area contributed by atoms with Crippen molar-refractivity contribution >= 4 is 49.0 Å². The molecule has 0 saturated carbocycles. The molecule has 2 unspecified atom stereocenters. The van der Waals surface area contributed by atoms with E-state index in [1.807, 2.05) is 65.9 Å². The number of hydrogen-bond donors (Lipinski definition) is 1. The van der Waals surface area contributed by atoms with Crippen molar-refractivity contribution in [3.63, 3.8) is 0 Å². The van der Waals surface area contributed by atoms with Gasteiger partial charge in [-0.15, -0.1) is 11.3 Å². The molecule has 0 bridgehead atoms. The third kappa shape index (κ3) is 5.01. The number of aromatic nitrogens is 2. The molecule has 1 aliphatic heterocycles. The second kappa shape index (κ2) is 10.1. The Balaban J connectivity index is 0.00000336. The van der Waals surface area contributed by atoms with Gasteiger partial charge in [0.15, 0.2) is 5.13 Å². The van der Waals surface area contributed by atoms with E-state index in [1.165, 1.54) is 11.3 Å². The fourth-order valence-corrected chi connectivity index (χ4v) is 6.56. The number of nitrogens with one attached hydrogen (secondary N) is 1. The molecule has 37 heavy (non-hydrogen) atoms. The molecule has 0 spiro atoms. The molecule has 4 aromatic rings. The predicted molar refractivity (Wildman–Crippen MR) is 148 cm³/mol. The summed E-state index contributed by atoms with van der Waals surface area (Å²) in [4.78, 5) is 21.8. The first-order valence-corrected chi connectivity index (χ1v) is 14.4. The summed E-state index contributed by atoms with van der Waals surface area (Å²) in [6, 6.07) is 14.3. The number of carbonyl (C=O) groups excluding carboxylic acids is 1. The van der Waals surface area contributed by atoms with Gasteiger partial charge in [-0.25, -0.2) is 13.4 Å². The van der Waals surface area contributed by atoms with Gasteiger partial charge in [0.05, 0.1) is 12.0 Å². The van der Waals surface area contributed by atoms with E-state index in [1.54, 1.807) is 30.8 Å². The number of carbonyl (C=O) groups is 1. The number of nitrogens with zero attached hydrogens (tertiary/aromatic N) is 4. The van der Waals surface area contributed by atoms with Crippen LogP contribution in [0.5, 0.6) is 5.75 Å². The first-order chi connectivity index (χ1) is 17.8. The van der Waals surface area contributed by atoms with Gasteiger partial charge in [-0.3, -0.25) is 9.52 Å². The molecule has 3 heterocycles. The summed E-state index contributed by atoms with van der Waals surface area (Å²) >= 11 is 1.23. The summed E-state index contributed by atoms with van der Waals surface area (Å²) in [6.45, 7) is 5.89. The zero-order valence-electron chi connectivity index (χ0n) is 20.9. The van der Waals surface area contributed by atoms with Gasteiger partial charge >= 0.3 is 0 Å². The van der Waals surface area contributed by atoms with E-state index in [-0.39, 0.29) is 24.3 Å². The standard InChI is InChI=1S/C26H29N5O4S2.H2/c1-18-17-29(21-4-7-23(8-5-21)37(33,34)28-26-27-11-15-36-26)13-14-30(18)25(32)19(2)31-12-10-20-16-22(35-3)6-9-24(20)31;/h4-12,15-16,18-19H,13-14,17H2,1-3H3,(H,27,28);1H. The average Bonchev–Trinajstić information content (AvgIpc) is 3.57. The van der Waals surface area contributed by atoms with Crippen molar-refractivity contribution in [1.29, 1.82) is 0 Å². The summed E-state index contributed by atoms with van der Waals surface area (Å²) in [6.07, 6.45) is 3.50. The van der Waals surface area contributed by atoms with Crippen molar-refractivity contribution in [3.05, 3.63) is 66.3 Å². The summed E-state index contributed by atoms with van der Waals surface area (Å²) in [7, 11) is -2.05. The van der Waals surface area contributed by atoms with Gasteiger partial charge < -0.3 is 19.1 Å². The number of sulfonamides is 1. The van der Waals surface area contributed by atoms with Crippen LogP contribution in [0.3, 0.4) is 0 Å². The predicted octanol–water partition coefficient (Wildman–Crippen LogP) is 4.45. The normalized spacial score (nSPS) is 17.1. The number of methoxy groups -OCH3 is 1. The molecule has 1 N–H and O–H groups in total. The molecule has 0 aliphatic carbocycles. The lowest BCUT2D eigenvalue weighted by atomic mass is 10.1. The Hall–Kier alpha value is -3.57. The fraction of sp³-hybridized carbons (Fsp3) is 0.308. The van der Waals surface area contributed by atoms with E-state index in [0.717, 1.165) is 22.3 Å². The Morgan fingerprint density at radius 1 is 1.19 bits per heavy atom. The van der Waals surface area contributed by atoms with Crippen LogP contribution in [-0.2, 0) is 14.8 Å². The van der Waals surface area contributed by atoms with Gasteiger partial charge in [-0.05, 0) is 62.4 Å². The van der Waals surface area contributed by atoms with Crippen LogP contribution >= 0.6 is 11.3 Å². The number of rotatable bonds is 7. The molecule has 9 nitrogen and oxygen atoms in total. The zero-order valence-corrected chi connectivity index (χ0v) is 22.5. The highest BCUT2D eigenvalue weighted by Crippen LogP contribution is 2.28. The van der Waals surface area contributed by atoms with Gasteiger partial charge in [0, 0.05) is 61.5 Å². The van der Waals surface area contributed by atoms with E-state index >= 15 is 0 Å². The molecule has 1 amide bonds. The number of benzene rings is 2. The number of ether oxygens (including phenoxy) is 1. The second-order valence-electron chi connectivity index (χ2n) is 9.09. The van der Waals surface area contributed by atoms with Crippen LogP contribution in [0, 0.1) is 0 Å². The lowest BCUT2D eigenvalue weighted by molar-refractivity contribution is -0.136. The van der Waals surface area contributed by atoms with Crippen LogP contribution in [0.25, 0.3) is 10.9 Å². The molecule has 0 radical (unpaired) electrons. The number of fused-ring (bicyclic) bond motifs is 1. The number of piperazine rings is 1. The molecule has 1 aliphatic rings. The molecule has 5 rings (SSSR count). The summed E-state index contributed by atoms with van der Waals surface area (Å²) in [5, 5.41) is 3.08. The third-order valence-corrected chi connectivity index (χ3v) is 8.95. The van der Waals surface area contributed by atoms with E-state index in [9.17, 15) is 13.2 Å². The molecule has 196 valence electrons. The van der Waals surface area contributed by atoms with E-state index in [4.69, 9.17) is 4.74 Å². The highest BCUT2D eigenvalue weighted by atomic mass is 32.2. The maximum Gasteiger partial charge on any atom is 0.263 e. The maximum atomic E-state index is 13.5. The lowest BCUT2D eigenvalue weighted by Crippen LogP contribution is -2.55. The van der Waals surface area contributed by atoms with Crippen molar-refractivity contribution in [2.45, 2.75) is 30.8 Å². The van der Waals surface area contributed by atoms with Crippen LogP contribution in [0.2, 0.25) is 0 Å². The lowest BCUT2D eigenvalue weighted by Gasteiger charge is -2.42. The maximum absolute atomic E-state index is 13.5. The van der Waals surface area contributed by atoms with Gasteiger partial charge in [0.25, 0.3) is 10.0 Å². The second-order valence-corrected chi connectivity index (χ2v) is 11.7. The number of amides is 1. The van der Waals surface area contributed by atoms with Gasteiger partial charge in [-0.1, -0.05) is 0 Å². The SMILES string of the molecule is COc1ccc2c(ccn2C(C)C(=O)N2CCN(c3ccc(S(=O)(=O)Nc4nccs4)cc3)CC2C)c1.[HH]. The van der Waals surface area contributed by atoms with Crippen molar-refractivity contribution in [2.75, 3.05) is 36.4 Å². The molecular formula is C26H31N5O4S2. The molecule has 2 aromatic carbocycles. The summed E-state index contributed by atoms with van der Waals surface area (Å²) in [5.41, 5.74) is 1.91. The van der Waals surface area contributed by atoms with E-state index in [0.29, 0.717) is 24.8 Å². The topological polar surface area (TPSA) is 96.8 Å².